The first-order valence-electron chi connectivity index (χ1n) is 15.2. The van der Waals surface area contributed by atoms with Crippen LogP contribution < -0.4 is 9.80 Å². The Morgan fingerprint density at radius 2 is 1.74 bits per heavy atom. The summed E-state index contributed by atoms with van der Waals surface area (Å²) in [5.41, 5.74) is 7.52. The molecule has 0 bridgehead atoms. The van der Waals surface area contributed by atoms with E-state index < -0.39 is 17.7 Å². The van der Waals surface area contributed by atoms with Gasteiger partial charge >= 0.3 is 5.97 Å². The smallest absolute Gasteiger partial charge is 0.337 e. The summed E-state index contributed by atoms with van der Waals surface area (Å²) in [6, 6.07) is 8.67. The number of carbonyl (C=O) groups is 1. The van der Waals surface area contributed by atoms with Crippen molar-refractivity contribution in [2.45, 2.75) is 91.1 Å². The van der Waals surface area contributed by atoms with Crippen molar-refractivity contribution in [2.75, 3.05) is 35.7 Å². The summed E-state index contributed by atoms with van der Waals surface area (Å²) in [7, 11) is 0. The van der Waals surface area contributed by atoms with Crippen LogP contribution in [-0.4, -0.2) is 57.5 Å². The predicted molar refractivity (Wildman–Crippen MR) is 174 cm³/mol. The fourth-order valence-electron chi connectivity index (χ4n) is 6.27. The molecule has 230 valence electrons. The van der Waals surface area contributed by atoms with Crippen LogP contribution in [0.1, 0.15) is 81.6 Å². The maximum atomic E-state index is 12.8. The number of pyridine rings is 1. The van der Waals surface area contributed by atoms with Crippen molar-refractivity contribution < 1.29 is 14.6 Å². The number of rotatable bonds is 7. The van der Waals surface area contributed by atoms with Gasteiger partial charge in [0.25, 0.3) is 0 Å². The van der Waals surface area contributed by atoms with Gasteiger partial charge in [-0.3, -0.25) is 4.98 Å². The molecule has 9 heteroatoms. The predicted octanol–water partition coefficient (Wildman–Crippen LogP) is 7.01. The third-order valence-electron chi connectivity index (χ3n) is 8.60. The number of benzene rings is 1. The van der Waals surface area contributed by atoms with Crippen molar-refractivity contribution in [2.24, 2.45) is 5.41 Å². The minimum atomic E-state index is -1.12. The molecule has 2 aliphatic heterocycles. The maximum absolute atomic E-state index is 12.8. The quantitative estimate of drug-likeness (QED) is 0.226. The Bertz CT molecular complexity index is 1510. The first-order valence-corrected chi connectivity index (χ1v) is 16.4. The van der Waals surface area contributed by atoms with Gasteiger partial charge < -0.3 is 19.6 Å². The molecule has 1 atom stereocenters. The molecule has 2 aromatic heterocycles. The van der Waals surface area contributed by atoms with E-state index in [0.29, 0.717) is 11.3 Å². The Hall–Kier alpha value is -3.17. The highest BCUT2D eigenvalue weighted by atomic mass is 32.2. The Morgan fingerprint density at radius 1 is 1.02 bits per heavy atom. The number of piperidine rings is 1. The van der Waals surface area contributed by atoms with Crippen LogP contribution in [0.25, 0.3) is 11.1 Å². The van der Waals surface area contributed by atoms with Gasteiger partial charge in [-0.1, -0.05) is 43.8 Å². The second-order valence-electron chi connectivity index (χ2n) is 13.6. The lowest BCUT2D eigenvalue weighted by molar-refractivity contribution is -0.160. The zero-order valence-corrected chi connectivity index (χ0v) is 27.6. The minimum absolute atomic E-state index is 0.250. The molecule has 0 spiro atoms. The number of aryl methyl sites for hydroxylation is 2. The van der Waals surface area contributed by atoms with E-state index in [2.05, 4.69) is 46.8 Å². The molecule has 2 aliphatic rings. The van der Waals surface area contributed by atoms with Crippen molar-refractivity contribution in [1.29, 1.82) is 0 Å². The molecule has 1 aromatic carbocycles. The van der Waals surface area contributed by atoms with Gasteiger partial charge in [0, 0.05) is 54.9 Å². The average molecular weight is 604 g/mol. The molecule has 0 amide bonds. The van der Waals surface area contributed by atoms with Gasteiger partial charge in [0.1, 0.15) is 5.82 Å². The van der Waals surface area contributed by atoms with Gasteiger partial charge in [0.15, 0.2) is 11.3 Å². The molecule has 5 rings (SSSR count). The number of nitrogens with zero attached hydrogens (tertiary/aromatic N) is 5. The maximum Gasteiger partial charge on any atom is 0.337 e. The van der Waals surface area contributed by atoms with Gasteiger partial charge in [0.05, 0.1) is 11.3 Å². The number of anilines is 2. The number of fused-ring (bicyclic) bond motifs is 1. The lowest BCUT2D eigenvalue weighted by Gasteiger charge is -2.41. The Morgan fingerprint density at radius 3 is 2.40 bits per heavy atom. The summed E-state index contributed by atoms with van der Waals surface area (Å²) in [6.45, 7) is 17.7. The number of carboxylic acids is 1. The number of carboxylic acid groups (broad SMARTS) is 1. The highest BCUT2D eigenvalue weighted by molar-refractivity contribution is 7.98. The average Bonchev–Trinajstić information content (AvgIpc) is 2.95. The van der Waals surface area contributed by atoms with E-state index in [4.69, 9.17) is 14.7 Å². The van der Waals surface area contributed by atoms with E-state index in [1.807, 2.05) is 53.1 Å². The van der Waals surface area contributed by atoms with Crippen molar-refractivity contribution in [1.82, 2.24) is 15.0 Å². The zero-order valence-electron chi connectivity index (χ0n) is 26.8. The lowest BCUT2D eigenvalue weighted by Crippen LogP contribution is -2.39. The normalized spacial score (nSPS) is 17.5. The molecule has 1 fully saturated rings. The summed E-state index contributed by atoms with van der Waals surface area (Å²) in [6.07, 6.45) is 5.66. The van der Waals surface area contributed by atoms with Crippen LogP contribution in [0, 0.1) is 19.3 Å². The summed E-state index contributed by atoms with van der Waals surface area (Å²) < 4.78 is 6.25. The van der Waals surface area contributed by atoms with Crippen molar-refractivity contribution in [3.8, 4) is 11.1 Å². The van der Waals surface area contributed by atoms with E-state index >= 15 is 0 Å². The van der Waals surface area contributed by atoms with E-state index in [0.717, 1.165) is 78.9 Å². The lowest BCUT2D eigenvalue weighted by atomic mass is 9.81. The van der Waals surface area contributed by atoms with Crippen LogP contribution in [0.15, 0.2) is 35.6 Å². The molecule has 3 aromatic rings. The van der Waals surface area contributed by atoms with Gasteiger partial charge in [-0.25, -0.2) is 14.8 Å². The Kier molecular flexibility index (Phi) is 8.78. The van der Waals surface area contributed by atoms with Gasteiger partial charge in [-0.05, 0) is 88.3 Å². The fourth-order valence-corrected chi connectivity index (χ4v) is 6.62. The number of thioether (sulfide) groups is 1. The first kappa shape index (κ1) is 31.3. The van der Waals surface area contributed by atoms with Crippen molar-refractivity contribution in [3.63, 3.8) is 0 Å². The molecule has 0 saturated carbocycles. The highest BCUT2D eigenvalue weighted by Crippen LogP contribution is 2.45. The molecule has 4 heterocycles. The van der Waals surface area contributed by atoms with Crippen LogP contribution >= 0.6 is 11.8 Å². The van der Waals surface area contributed by atoms with E-state index in [1.54, 1.807) is 11.8 Å². The monoisotopic (exact) mass is 603 g/mol. The fraction of sp³-hybridized carbons (Fsp3) is 0.529. The SMILES string of the molecule is CSc1nccc(N2CCc3cc(-c4c(C)nc(C)c([C@H](OC(C)(C)C)C(=O)O)c4N4CCC(C)(C)CC4)ccc3C2)n1. The molecule has 0 aliphatic carbocycles. The Labute approximate surface area is 260 Å². The highest BCUT2D eigenvalue weighted by Gasteiger charge is 2.36. The molecule has 1 saturated heterocycles. The molecule has 0 unspecified atom stereocenters. The number of aliphatic carboxylic acids is 1. The van der Waals surface area contributed by atoms with Crippen molar-refractivity contribution >= 4 is 29.2 Å². The molecule has 43 heavy (non-hydrogen) atoms. The van der Waals surface area contributed by atoms with E-state index in [-0.39, 0.29) is 5.41 Å². The second-order valence-corrected chi connectivity index (χ2v) is 14.3. The van der Waals surface area contributed by atoms with Crippen molar-refractivity contribution in [3.05, 3.63) is 58.5 Å². The summed E-state index contributed by atoms with van der Waals surface area (Å²) in [5.74, 6) is -0.0423. The zero-order chi connectivity index (χ0) is 31.1. The first-order chi connectivity index (χ1) is 20.3. The molecule has 0 radical (unpaired) electrons. The van der Waals surface area contributed by atoms with Crippen LogP contribution in [0.5, 0.6) is 0 Å². The number of hydrogen-bond acceptors (Lipinski definition) is 8. The van der Waals surface area contributed by atoms with Crippen LogP contribution in [0.3, 0.4) is 0 Å². The number of ether oxygens (including phenoxy) is 1. The number of aromatic nitrogens is 3. The summed E-state index contributed by atoms with van der Waals surface area (Å²) in [5, 5.41) is 11.3. The van der Waals surface area contributed by atoms with E-state index in [9.17, 15) is 9.90 Å². The third-order valence-corrected chi connectivity index (χ3v) is 9.16. The van der Waals surface area contributed by atoms with E-state index in [1.165, 1.54) is 11.1 Å². The Balaban J connectivity index is 1.60. The molecule has 1 N–H and O–H groups in total. The molecule has 8 nitrogen and oxygen atoms in total. The van der Waals surface area contributed by atoms with Crippen LogP contribution in [-0.2, 0) is 22.5 Å². The van der Waals surface area contributed by atoms with Gasteiger partial charge in [-0.2, -0.15) is 0 Å². The largest absolute Gasteiger partial charge is 0.479 e. The topological polar surface area (TPSA) is 91.7 Å². The van der Waals surface area contributed by atoms with Gasteiger partial charge in [0.2, 0.25) is 0 Å². The summed E-state index contributed by atoms with van der Waals surface area (Å²) >= 11 is 1.55. The number of hydrogen-bond donors (Lipinski definition) is 1. The van der Waals surface area contributed by atoms with Crippen LogP contribution in [0.4, 0.5) is 11.5 Å². The van der Waals surface area contributed by atoms with Crippen LogP contribution in [0.2, 0.25) is 0 Å². The molecular weight excluding hydrogens is 558 g/mol. The second kappa shape index (κ2) is 12.1. The summed E-state index contributed by atoms with van der Waals surface area (Å²) in [4.78, 5) is 31.5. The van der Waals surface area contributed by atoms with Gasteiger partial charge in [-0.15, -0.1) is 0 Å². The molecular formula is C34H45N5O3S. The minimum Gasteiger partial charge on any atom is -0.479 e. The standard InChI is InChI=1S/C34H45N5O3S/c1-21-27(24-9-10-25-20-39(16-12-23(25)19-24)26-11-15-35-32(37-26)43-8)29(38-17-13-34(6,7)14-18-38)28(22(2)36-21)30(31(40)41)42-33(3,4)5/h9-11,15,19,30H,12-14,16-18,20H2,1-8H3,(H,40,41)/t30-/m0/s1. The third kappa shape index (κ3) is 6.83.